The maximum Gasteiger partial charge on any atom is 0.231 e. The Hall–Kier alpha value is -1.66. The quantitative estimate of drug-likeness (QED) is 0.871. The third-order valence-corrected chi connectivity index (χ3v) is 4.41. The van der Waals surface area contributed by atoms with Crippen LogP contribution in [0.3, 0.4) is 0 Å². The largest absolute Gasteiger partial charge is 0.495 e. The molecule has 2 heterocycles. The first-order valence-electron chi connectivity index (χ1n) is 8.10. The second-order valence-electron chi connectivity index (χ2n) is 6.46. The molecule has 0 spiro atoms. The lowest BCUT2D eigenvalue weighted by Gasteiger charge is -2.27. The molecule has 0 saturated carbocycles. The first-order chi connectivity index (χ1) is 11.0. The number of nitrogens with one attached hydrogen (secondary N) is 1. The summed E-state index contributed by atoms with van der Waals surface area (Å²) in [4.78, 5) is 18.9. The Balaban J connectivity index is 2.12. The zero-order valence-corrected chi connectivity index (χ0v) is 14.5. The smallest absolute Gasteiger partial charge is 0.231 e. The molecule has 6 heteroatoms. The van der Waals surface area contributed by atoms with Gasteiger partial charge in [0.05, 0.1) is 26.5 Å². The number of carbonyl (C=O) groups excluding carboxylic acids is 1. The summed E-state index contributed by atoms with van der Waals surface area (Å²) < 4.78 is 10.8. The van der Waals surface area contributed by atoms with Crippen molar-refractivity contribution in [3.05, 3.63) is 17.8 Å². The molecule has 0 aromatic carbocycles. The molecule has 0 aliphatic carbocycles. The predicted octanol–water partition coefficient (Wildman–Crippen LogP) is 2.30. The number of pyridine rings is 1. The van der Waals surface area contributed by atoms with E-state index in [2.05, 4.69) is 15.2 Å². The van der Waals surface area contributed by atoms with E-state index < -0.39 is 5.41 Å². The second-order valence-corrected chi connectivity index (χ2v) is 6.46. The zero-order chi connectivity index (χ0) is 16.9. The fourth-order valence-electron chi connectivity index (χ4n) is 2.31. The predicted molar refractivity (Wildman–Crippen MR) is 89.6 cm³/mol. The average Bonchev–Trinajstić information content (AvgIpc) is 2.56. The maximum absolute atomic E-state index is 12.3. The summed E-state index contributed by atoms with van der Waals surface area (Å²) in [5, 5.41) is 2.91. The summed E-state index contributed by atoms with van der Waals surface area (Å²) in [6, 6.07) is 1.90. The van der Waals surface area contributed by atoms with Crippen molar-refractivity contribution in [1.29, 1.82) is 0 Å². The number of anilines is 1. The molecule has 2 rings (SSSR count). The van der Waals surface area contributed by atoms with Crippen LogP contribution in [-0.4, -0.2) is 49.2 Å². The van der Waals surface area contributed by atoms with E-state index in [1.165, 1.54) is 0 Å². The Morgan fingerprint density at radius 1 is 1.43 bits per heavy atom. The fraction of sp³-hybridized carbons (Fsp3) is 0.647. The van der Waals surface area contributed by atoms with Crippen LogP contribution in [0.5, 0.6) is 5.75 Å². The van der Waals surface area contributed by atoms with Crippen LogP contribution in [0.2, 0.25) is 0 Å². The summed E-state index contributed by atoms with van der Waals surface area (Å²) >= 11 is 0. The van der Waals surface area contributed by atoms with E-state index in [-0.39, 0.29) is 5.91 Å². The van der Waals surface area contributed by atoms with Gasteiger partial charge in [-0.15, -0.1) is 0 Å². The SMILES string of the molecule is CCC(C)(C)C(=O)Nc1cc(CN2CCOCC2)c(OC)cn1. The van der Waals surface area contributed by atoms with Gasteiger partial charge in [-0.25, -0.2) is 4.98 Å². The molecular weight excluding hydrogens is 294 g/mol. The third kappa shape index (κ3) is 4.65. The number of hydrogen-bond acceptors (Lipinski definition) is 5. The maximum atomic E-state index is 12.3. The highest BCUT2D eigenvalue weighted by Gasteiger charge is 2.26. The van der Waals surface area contributed by atoms with Crippen molar-refractivity contribution in [2.75, 3.05) is 38.7 Å². The van der Waals surface area contributed by atoms with Crippen molar-refractivity contribution >= 4 is 11.7 Å². The monoisotopic (exact) mass is 321 g/mol. The van der Waals surface area contributed by atoms with Gasteiger partial charge in [0.25, 0.3) is 0 Å². The minimum absolute atomic E-state index is 0.0185. The third-order valence-electron chi connectivity index (χ3n) is 4.41. The lowest BCUT2D eigenvalue weighted by molar-refractivity contribution is -0.124. The van der Waals surface area contributed by atoms with Crippen LogP contribution < -0.4 is 10.1 Å². The summed E-state index contributed by atoms with van der Waals surface area (Å²) in [7, 11) is 1.64. The normalized spacial score (nSPS) is 16.2. The molecule has 0 radical (unpaired) electrons. The van der Waals surface area contributed by atoms with Crippen molar-refractivity contribution in [3.8, 4) is 5.75 Å². The Labute approximate surface area is 138 Å². The molecule has 1 amide bonds. The van der Waals surface area contributed by atoms with Gasteiger partial charge < -0.3 is 14.8 Å². The summed E-state index contributed by atoms with van der Waals surface area (Å²) in [5.41, 5.74) is 0.611. The van der Waals surface area contributed by atoms with Gasteiger partial charge in [-0.05, 0) is 12.5 Å². The van der Waals surface area contributed by atoms with Crippen molar-refractivity contribution in [3.63, 3.8) is 0 Å². The number of morpholine rings is 1. The van der Waals surface area contributed by atoms with Crippen LogP contribution in [0.1, 0.15) is 32.8 Å². The Morgan fingerprint density at radius 3 is 2.74 bits per heavy atom. The molecule has 1 aliphatic rings. The zero-order valence-electron chi connectivity index (χ0n) is 14.5. The van der Waals surface area contributed by atoms with Crippen molar-refractivity contribution in [2.24, 2.45) is 5.41 Å². The number of nitrogens with zero attached hydrogens (tertiary/aromatic N) is 2. The molecule has 0 atom stereocenters. The van der Waals surface area contributed by atoms with E-state index >= 15 is 0 Å². The van der Waals surface area contributed by atoms with Gasteiger partial charge in [0.2, 0.25) is 5.91 Å². The molecule has 0 unspecified atom stereocenters. The number of hydrogen-bond donors (Lipinski definition) is 1. The van der Waals surface area contributed by atoms with Crippen LogP contribution in [-0.2, 0) is 16.1 Å². The molecule has 1 fully saturated rings. The van der Waals surface area contributed by atoms with E-state index in [0.29, 0.717) is 5.82 Å². The van der Waals surface area contributed by atoms with Crippen LogP contribution in [0.15, 0.2) is 12.3 Å². The van der Waals surface area contributed by atoms with Gasteiger partial charge in [0.1, 0.15) is 11.6 Å². The number of aromatic nitrogens is 1. The van der Waals surface area contributed by atoms with Gasteiger partial charge in [-0.1, -0.05) is 20.8 Å². The van der Waals surface area contributed by atoms with Crippen LogP contribution in [0.4, 0.5) is 5.82 Å². The van der Waals surface area contributed by atoms with Crippen molar-refractivity contribution in [2.45, 2.75) is 33.7 Å². The van der Waals surface area contributed by atoms with E-state index in [0.717, 1.165) is 50.6 Å². The highest BCUT2D eigenvalue weighted by Crippen LogP contribution is 2.25. The highest BCUT2D eigenvalue weighted by atomic mass is 16.5. The Kier molecular flexibility index (Phi) is 5.96. The molecule has 6 nitrogen and oxygen atoms in total. The molecule has 1 aromatic rings. The Bertz CT molecular complexity index is 540. The molecular formula is C17H27N3O3. The summed E-state index contributed by atoms with van der Waals surface area (Å²) in [5.74, 6) is 1.29. The van der Waals surface area contributed by atoms with Gasteiger partial charge in [-0.3, -0.25) is 9.69 Å². The van der Waals surface area contributed by atoms with E-state index in [1.807, 2.05) is 26.8 Å². The standard InChI is InChI=1S/C17H27N3O3/c1-5-17(2,3)16(21)19-15-10-13(14(22-4)11-18-15)12-20-6-8-23-9-7-20/h10-11H,5-9,12H2,1-4H3,(H,18,19,21). The highest BCUT2D eigenvalue weighted by molar-refractivity contribution is 5.94. The number of ether oxygens (including phenoxy) is 2. The first kappa shape index (κ1) is 17.7. The molecule has 0 bridgehead atoms. The van der Waals surface area contributed by atoms with Gasteiger partial charge in [-0.2, -0.15) is 0 Å². The van der Waals surface area contributed by atoms with Gasteiger partial charge >= 0.3 is 0 Å². The number of methoxy groups -OCH3 is 1. The van der Waals surface area contributed by atoms with Gasteiger partial charge in [0, 0.05) is 30.6 Å². The fourth-order valence-corrected chi connectivity index (χ4v) is 2.31. The lowest BCUT2D eigenvalue weighted by Crippen LogP contribution is -2.35. The molecule has 1 aromatic heterocycles. The van der Waals surface area contributed by atoms with Crippen molar-refractivity contribution < 1.29 is 14.3 Å². The minimum atomic E-state index is -0.411. The van der Waals surface area contributed by atoms with E-state index in [1.54, 1.807) is 13.3 Å². The second kappa shape index (κ2) is 7.75. The average molecular weight is 321 g/mol. The molecule has 1 saturated heterocycles. The number of amides is 1. The van der Waals surface area contributed by atoms with Crippen LogP contribution >= 0.6 is 0 Å². The molecule has 128 valence electrons. The van der Waals surface area contributed by atoms with E-state index in [4.69, 9.17) is 9.47 Å². The van der Waals surface area contributed by atoms with E-state index in [9.17, 15) is 4.79 Å². The number of carbonyl (C=O) groups is 1. The van der Waals surface area contributed by atoms with Crippen molar-refractivity contribution in [1.82, 2.24) is 9.88 Å². The lowest BCUT2D eigenvalue weighted by atomic mass is 9.89. The number of rotatable bonds is 6. The van der Waals surface area contributed by atoms with Crippen LogP contribution in [0, 0.1) is 5.41 Å². The summed E-state index contributed by atoms with van der Waals surface area (Å²) in [6.45, 7) is 9.93. The molecule has 1 aliphatic heterocycles. The molecule has 23 heavy (non-hydrogen) atoms. The van der Waals surface area contributed by atoms with Crippen LogP contribution in [0.25, 0.3) is 0 Å². The van der Waals surface area contributed by atoms with Gasteiger partial charge in [0.15, 0.2) is 0 Å². The minimum Gasteiger partial charge on any atom is -0.495 e. The Morgan fingerprint density at radius 2 is 2.13 bits per heavy atom. The topological polar surface area (TPSA) is 63.7 Å². The first-order valence-corrected chi connectivity index (χ1v) is 8.10. The summed E-state index contributed by atoms with van der Waals surface area (Å²) in [6.07, 6.45) is 2.44. The molecule has 1 N–H and O–H groups in total.